The molecule has 0 atom stereocenters. The molecule has 3 rings (SSSR count). The average Bonchev–Trinajstić information content (AvgIpc) is 3.19. The van der Waals surface area contributed by atoms with E-state index in [2.05, 4.69) is 0 Å². The Bertz CT molecular complexity index is 902. The lowest BCUT2D eigenvalue weighted by Crippen LogP contribution is -2.30. The Hall–Kier alpha value is -3.41. The molecule has 27 heavy (non-hydrogen) atoms. The molecular formula is C21H18FNO4. The summed E-state index contributed by atoms with van der Waals surface area (Å²) in [6, 6.07) is 15.4. The molecule has 0 aliphatic heterocycles. The van der Waals surface area contributed by atoms with Crippen molar-refractivity contribution in [3.8, 4) is 5.75 Å². The Balaban J connectivity index is 1.55. The second-order valence-electron chi connectivity index (χ2n) is 5.98. The second kappa shape index (κ2) is 8.31. The van der Waals surface area contributed by atoms with Crippen molar-refractivity contribution in [1.82, 2.24) is 4.90 Å². The van der Waals surface area contributed by atoms with Crippen molar-refractivity contribution in [2.45, 2.75) is 6.54 Å². The summed E-state index contributed by atoms with van der Waals surface area (Å²) < 4.78 is 23.6. The third-order valence-electron chi connectivity index (χ3n) is 3.98. The highest BCUT2D eigenvalue weighted by molar-refractivity contribution is 6.09. The number of hydrogen-bond donors (Lipinski definition) is 0. The van der Waals surface area contributed by atoms with E-state index in [0.717, 1.165) is 0 Å². The first-order valence-electron chi connectivity index (χ1n) is 8.32. The van der Waals surface area contributed by atoms with Gasteiger partial charge in [0.25, 0.3) is 5.91 Å². The van der Waals surface area contributed by atoms with Crippen LogP contribution in [0.4, 0.5) is 4.39 Å². The summed E-state index contributed by atoms with van der Waals surface area (Å²) >= 11 is 0. The number of halogens is 1. The zero-order chi connectivity index (χ0) is 19.2. The molecule has 2 aromatic carbocycles. The topological polar surface area (TPSA) is 59.8 Å². The number of carbonyl (C=O) groups is 2. The minimum atomic E-state index is -0.392. The number of carbonyl (C=O) groups excluding carboxylic acids is 2. The van der Waals surface area contributed by atoms with Crippen LogP contribution >= 0.6 is 0 Å². The van der Waals surface area contributed by atoms with Crippen molar-refractivity contribution in [3.05, 3.63) is 89.6 Å². The van der Waals surface area contributed by atoms with Gasteiger partial charge in [-0.2, -0.15) is 0 Å². The van der Waals surface area contributed by atoms with Crippen molar-refractivity contribution in [1.29, 1.82) is 0 Å². The van der Waals surface area contributed by atoms with Crippen molar-refractivity contribution in [2.24, 2.45) is 0 Å². The Morgan fingerprint density at radius 1 is 1.00 bits per heavy atom. The van der Waals surface area contributed by atoms with Crippen LogP contribution in [0, 0.1) is 5.82 Å². The molecule has 0 spiro atoms. The Morgan fingerprint density at radius 3 is 2.22 bits per heavy atom. The lowest BCUT2D eigenvalue weighted by Gasteiger charge is -2.16. The van der Waals surface area contributed by atoms with Crippen LogP contribution in [-0.4, -0.2) is 30.2 Å². The van der Waals surface area contributed by atoms with Gasteiger partial charge in [-0.15, -0.1) is 0 Å². The van der Waals surface area contributed by atoms with E-state index in [4.69, 9.17) is 9.15 Å². The number of benzene rings is 2. The molecule has 0 saturated carbocycles. The third-order valence-corrected chi connectivity index (χ3v) is 3.98. The van der Waals surface area contributed by atoms with Gasteiger partial charge < -0.3 is 14.1 Å². The monoisotopic (exact) mass is 367 g/mol. The Kier molecular flexibility index (Phi) is 5.66. The molecule has 1 amide bonds. The maximum absolute atomic E-state index is 13.0. The minimum Gasteiger partial charge on any atom is -0.484 e. The first-order valence-corrected chi connectivity index (χ1v) is 8.32. The van der Waals surface area contributed by atoms with Crippen LogP contribution in [0.5, 0.6) is 5.75 Å². The number of ketones is 1. The SMILES string of the molecule is CN(Cc1ccco1)C(=O)COc1ccc(C(=O)c2ccc(F)cc2)cc1. The molecule has 5 nitrogen and oxygen atoms in total. The van der Waals surface area contributed by atoms with Gasteiger partial charge in [-0.3, -0.25) is 9.59 Å². The second-order valence-corrected chi connectivity index (χ2v) is 5.98. The van der Waals surface area contributed by atoms with Gasteiger partial charge in [-0.1, -0.05) is 0 Å². The van der Waals surface area contributed by atoms with E-state index in [1.54, 1.807) is 49.7 Å². The van der Waals surface area contributed by atoms with E-state index in [9.17, 15) is 14.0 Å². The highest BCUT2D eigenvalue weighted by atomic mass is 19.1. The van der Waals surface area contributed by atoms with Crippen molar-refractivity contribution in [3.63, 3.8) is 0 Å². The molecule has 0 N–H and O–H groups in total. The number of amides is 1. The zero-order valence-corrected chi connectivity index (χ0v) is 14.7. The van der Waals surface area contributed by atoms with Crippen molar-refractivity contribution in [2.75, 3.05) is 13.7 Å². The Morgan fingerprint density at radius 2 is 1.63 bits per heavy atom. The summed E-state index contributed by atoms with van der Waals surface area (Å²) in [6.07, 6.45) is 1.55. The normalized spacial score (nSPS) is 10.4. The van der Waals surface area contributed by atoms with Crippen molar-refractivity contribution >= 4 is 11.7 Å². The number of likely N-dealkylation sites (N-methyl/N-ethyl adjacent to an activating group) is 1. The third kappa shape index (κ3) is 4.82. The summed E-state index contributed by atoms with van der Waals surface area (Å²) in [5.74, 6) is 0.366. The number of furan rings is 1. The van der Waals surface area contributed by atoms with Gasteiger partial charge in [0.1, 0.15) is 17.3 Å². The number of nitrogens with zero attached hydrogens (tertiary/aromatic N) is 1. The summed E-state index contributed by atoms with van der Waals surface area (Å²) in [4.78, 5) is 26.0. The molecule has 0 fully saturated rings. The maximum atomic E-state index is 13.0. The molecule has 1 aromatic heterocycles. The first-order chi connectivity index (χ1) is 13.0. The number of ether oxygens (including phenoxy) is 1. The Labute approximate surface area is 156 Å². The van der Waals surface area contributed by atoms with Crippen LogP contribution < -0.4 is 4.74 Å². The van der Waals surface area contributed by atoms with Gasteiger partial charge in [0.05, 0.1) is 12.8 Å². The fourth-order valence-electron chi connectivity index (χ4n) is 2.45. The van der Waals surface area contributed by atoms with Crippen LogP contribution in [0.3, 0.4) is 0 Å². The molecule has 0 unspecified atom stereocenters. The average molecular weight is 367 g/mol. The summed E-state index contributed by atoms with van der Waals surface area (Å²) in [5.41, 5.74) is 0.856. The minimum absolute atomic E-state index is 0.123. The van der Waals surface area contributed by atoms with Crippen molar-refractivity contribution < 1.29 is 23.1 Å². The number of rotatable bonds is 7. The van der Waals surface area contributed by atoms with Gasteiger partial charge in [-0.05, 0) is 60.7 Å². The molecule has 1 heterocycles. The molecule has 0 aliphatic carbocycles. The van der Waals surface area contributed by atoms with Crippen LogP contribution in [0.15, 0.2) is 71.3 Å². The van der Waals surface area contributed by atoms with E-state index in [-0.39, 0.29) is 18.3 Å². The predicted octanol–water partition coefficient (Wildman–Crippen LogP) is 3.69. The van der Waals surface area contributed by atoms with Crippen LogP contribution in [0.1, 0.15) is 21.7 Å². The van der Waals surface area contributed by atoms with Gasteiger partial charge in [0.15, 0.2) is 12.4 Å². The van der Waals surface area contributed by atoms with E-state index in [0.29, 0.717) is 29.2 Å². The molecule has 0 bridgehead atoms. The lowest BCUT2D eigenvalue weighted by atomic mass is 10.0. The van der Waals surface area contributed by atoms with Gasteiger partial charge in [-0.25, -0.2) is 4.39 Å². The molecule has 0 radical (unpaired) electrons. The lowest BCUT2D eigenvalue weighted by molar-refractivity contribution is -0.132. The van der Waals surface area contributed by atoms with E-state index in [1.807, 2.05) is 0 Å². The van der Waals surface area contributed by atoms with Crippen LogP contribution in [0.25, 0.3) is 0 Å². The molecule has 3 aromatic rings. The first kappa shape index (κ1) is 18.4. The molecule has 0 saturated heterocycles. The van der Waals surface area contributed by atoms with Crippen LogP contribution in [-0.2, 0) is 11.3 Å². The maximum Gasteiger partial charge on any atom is 0.260 e. The fraction of sp³-hybridized carbons (Fsp3) is 0.143. The highest BCUT2D eigenvalue weighted by Crippen LogP contribution is 2.16. The highest BCUT2D eigenvalue weighted by Gasteiger charge is 2.12. The zero-order valence-electron chi connectivity index (χ0n) is 14.7. The molecule has 138 valence electrons. The van der Waals surface area contributed by atoms with E-state index < -0.39 is 5.82 Å². The summed E-state index contributed by atoms with van der Waals surface area (Å²) in [5, 5.41) is 0. The van der Waals surface area contributed by atoms with Gasteiger partial charge in [0, 0.05) is 18.2 Å². The smallest absolute Gasteiger partial charge is 0.260 e. The van der Waals surface area contributed by atoms with Crippen LogP contribution in [0.2, 0.25) is 0 Å². The largest absolute Gasteiger partial charge is 0.484 e. The van der Waals surface area contributed by atoms with E-state index >= 15 is 0 Å². The number of hydrogen-bond acceptors (Lipinski definition) is 4. The predicted molar refractivity (Wildman–Crippen MR) is 97.0 cm³/mol. The summed E-state index contributed by atoms with van der Waals surface area (Å²) in [6.45, 7) is 0.239. The molecule has 6 heteroatoms. The molecular weight excluding hydrogens is 349 g/mol. The standard InChI is InChI=1S/C21H18FNO4/c1-23(13-19-3-2-12-26-19)20(24)14-27-18-10-6-16(7-11-18)21(25)15-4-8-17(22)9-5-15/h2-12H,13-14H2,1H3. The fourth-order valence-corrected chi connectivity index (χ4v) is 2.45. The molecule has 0 aliphatic rings. The quantitative estimate of drug-likeness (QED) is 0.598. The van der Waals surface area contributed by atoms with E-state index in [1.165, 1.54) is 29.2 Å². The van der Waals surface area contributed by atoms with Gasteiger partial charge in [0.2, 0.25) is 0 Å². The van der Waals surface area contributed by atoms with Gasteiger partial charge >= 0.3 is 0 Å². The summed E-state index contributed by atoms with van der Waals surface area (Å²) in [7, 11) is 1.67.